The van der Waals surface area contributed by atoms with Crippen molar-refractivity contribution in [2.24, 2.45) is 5.92 Å². The van der Waals surface area contributed by atoms with E-state index in [4.69, 9.17) is 16.3 Å². The van der Waals surface area contributed by atoms with Crippen LogP contribution in [0.15, 0.2) is 42.5 Å². The van der Waals surface area contributed by atoms with Crippen molar-refractivity contribution in [1.29, 1.82) is 0 Å². The molecule has 1 aliphatic rings. The summed E-state index contributed by atoms with van der Waals surface area (Å²) in [5.74, 6) is -0.831. The van der Waals surface area contributed by atoms with Crippen LogP contribution in [-0.4, -0.2) is 24.9 Å². The minimum Gasteiger partial charge on any atom is -0.465 e. The fraction of sp³-hybridized carbons (Fsp3) is 0.250. The summed E-state index contributed by atoms with van der Waals surface area (Å²) in [5.41, 5.74) is 1.70. The molecular weight excluding hydrogens is 368 g/mol. The number of methoxy groups -OCH3 is 1. The lowest BCUT2D eigenvalue weighted by Gasteiger charge is -2.12. The molecule has 0 aromatic heterocycles. The van der Waals surface area contributed by atoms with E-state index in [-0.39, 0.29) is 23.9 Å². The standard InChI is InChI=1S/C20H19ClN2O4/c1-27-20(26)14-8-12(11-22-18(24)13-6-7-13)9-15(10-14)23-19(25)16-4-2-3-5-17(16)21/h2-5,8-10,13H,6-7,11H2,1H3,(H,22,24)(H,23,25). The van der Waals surface area contributed by atoms with Crippen molar-refractivity contribution in [3.63, 3.8) is 0 Å². The number of halogens is 1. The van der Waals surface area contributed by atoms with E-state index in [1.807, 2.05) is 0 Å². The van der Waals surface area contributed by atoms with Crippen LogP contribution in [0.25, 0.3) is 0 Å². The first kappa shape index (κ1) is 18.9. The van der Waals surface area contributed by atoms with E-state index in [9.17, 15) is 14.4 Å². The molecule has 2 aromatic carbocycles. The first-order valence-electron chi connectivity index (χ1n) is 8.54. The molecule has 1 aliphatic carbocycles. The molecule has 27 heavy (non-hydrogen) atoms. The van der Waals surface area contributed by atoms with Gasteiger partial charge >= 0.3 is 5.97 Å². The zero-order chi connectivity index (χ0) is 19.4. The summed E-state index contributed by atoms with van der Waals surface area (Å²) in [6.45, 7) is 0.259. The third kappa shape index (κ3) is 4.86. The van der Waals surface area contributed by atoms with Crippen molar-refractivity contribution in [2.45, 2.75) is 19.4 Å². The number of rotatable bonds is 6. The average molecular weight is 387 g/mol. The van der Waals surface area contributed by atoms with Crippen LogP contribution in [0.3, 0.4) is 0 Å². The van der Waals surface area contributed by atoms with Crippen molar-refractivity contribution >= 4 is 35.1 Å². The highest BCUT2D eigenvalue weighted by atomic mass is 35.5. The number of esters is 1. The van der Waals surface area contributed by atoms with Gasteiger partial charge in [-0.2, -0.15) is 0 Å². The highest BCUT2D eigenvalue weighted by Crippen LogP contribution is 2.29. The predicted molar refractivity (Wildman–Crippen MR) is 102 cm³/mol. The van der Waals surface area contributed by atoms with E-state index in [1.54, 1.807) is 36.4 Å². The molecule has 0 aliphatic heterocycles. The fourth-order valence-electron chi connectivity index (χ4n) is 2.62. The quantitative estimate of drug-likeness (QED) is 0.745. The van der Waals surface area contributed by atoms with E-state index < -0.39 is 11.9 Å². The first-order valence-corrected chi connectivity index (χ1v) is 8.91. The van der Waals surface area contributed by atoms with Crippen molar-refractivity contribution in [1.82, 2.24) is 5.32 Å². The smallest absolute Gasteiger partial charge is 0.337 e. The van der Waals surface area contributed by atoms with Crippen LogP contribution in [0, 0.1) is 5.92 Å². The number of carbonyl (C=O) groups is 3. The molecule has 3 rings (SSSR count). The Bertz CT molecular complexity index is 893. The van der Waals surface area contributed by atoms with Gasteiger partial charge in [0.1, 0.15) is 0 Å². The molecule has 2 amide bonds. The second-order valence-electron chi connectivity index (χ2n) is 6.34. The molecule has 0 spiro atoms. The lowest BCUT2D eigenvalue weighted by molar-refractivity contribution is -0.122. The maximum absolute atomic E-state index is 12.5. The van der Waals surface area contributed by atoms with Crippen molar-refractivity contribution in [3.8, 4) is 0 Å². The zero-order valence-electron chi connectivity index (χ0n) is 14.8. The summed E-state index contributed by atoms with van der Waals surface area (Å²) in [6.07, 6.45) is 1.82. The maximum Gasteiger partial charge on any atom is 0.337 e. The molecule has 6 nitrogen and oxygen atoms in total. The summed E-state index contributed by atoms with van der Waals surface area (Å²) in [4.78, 5) is 36.3. The minimum atomic E-state index is -0.529. The molecule has 0 saturated heterocycles. The number of nitrogens with one attached hydrogen (secondary N) is 2. The van der Waals surface area contributed by atoms with Gasteiger partial charge in [0, 0.05) is 18.2 Å². The van der Waals surface area contributed by atoms with Crippen LogP contribution in [0.1, 0.15) is 39.1 Å². The molecule has 0 heterocycles. The van der Waals surface area contributed by atoms with Gasteiger partial charge in [-0.25, -0.2) is 4.79 Å². The number of benzene rings is 2. The Morgan fingerprint density at radius 3 is 2.56 bits per heavy atom. The van der Waals surface area contributed by atoms with Crippen LogP contribution in [-0.2, 0) is 16.1 Å². The van der Waals surface area contributed by atoms with Gasteiger partial charge in [0.15, 0.2) is 0 Å². The van der Waals surface area contributed by atoms with Crippen molar-refractivity contribution in [2.75, 3.05) is 12.4 Å². The van der Waals surface area contributed by atoms with Crippen LogP contribution in [0.2, 0.25) is 5.02 Å². The monoisotopic (exact) mass is 386 g/mol. The number of anilines is 1. The Morgan fingerprint density at radius 2 is 1.89 bits per heavy atom. The van der Waals surface area contributed by atoms with Gasteiger partial charge in [0.05, 0.1) is 23.3 Å². The molecule has 2 aromatic rings. The predicted octanol–water partition coefficient (Wildman–Crippen LogP) is 3.41. The summed E-state index contributed by atoms with van der Waals surface area (Å²) in [5, 5.41) is 5.91. The Labute approximate surface area is 161 Å². The normalized spacial score (nSPS) is 13.0. The van der Waals surface area contributed by atoms with Crippen LogP contribution in [0.4, 0.5) is 5.69 Å². The SMILES string of the molecule is COC(=O)c1cc(CNC(=O)C2CC2)cc(NC(=O)c2ccccc2Cl)c1. The molecule has 2 N–H and O–H groups in total. The fourth-order valence-corrected chi connectivity index (χ4v) is 2.85. The topological polar surface area (TPSA) is 84.5 Å². The van der Waals surface area contributed by atoms with Gasteiger partial charge in [-0.05, 0) is 48.7 Å². The van der Waals surface area contributed by atoms with Gasteiger partial charge < -0.3 is 15.4 Å². The minimum absolute atomic E-state index is 0.000115. The number of hydrogen-bond acceptors (Lipinski definition) is 4. The molecule has 140 valence electrons. The maximum atomic E-state index is 12.5. The van der Waals surface area contributed by atoms with Crippen LogP contribution in [0.5, 0.6) is 0 Å². The van der Waals surface area contributed by atoms with Gasteiger partial charge in [-0.3, -0.25) is 9.59 Å². The second kappa shape index (κ2) is 8.22. The summed E-state index contributed by atoms with van der Waals surface area (Å²) < 4.78 is 4.77. The Hall–Kier alpha value is -2.86. The van der Waals surface area contributed by atoms with Crippen molar-refractivity contribution < 1.29 is 19.1 Å². The van der Waals surface area contributed by atoms with Gasteiger partial charge in [-0.15, -0.1) is 0 Å². The number of ether oxygens (including phenoxy) is 1. The summed E-state index contributed by atoms with van der Waals surface area (Å²) in [6, 6.07) is 11.5. The lowest BCUT2D eigenvalue weighted by atomic mass is 10.1. The Morgan fingerprint density at radius 1 is 1.15 bits per heavy atom. The molecule has 0 radical (unpaired) electrons. The average Bonchev–Trinajstić information content (AvgIpc) is 3.51. The third-order valence-corrected chi connectivity index (χ3v) is 4.53. The highest BCUT2D eigenvalue weighted by molar-refractivity contribution is 6.34. The molecular formula is C20H19ClN2O4. The van der Waals surface area contributed by atoms with Crippen LogP contribution < -0.4 is 10.6 Å². The highest BCUT2D eigenvalue weighted by Gasteiger charge is 2.29. The van der Waals surface area contributed by atoms with E-state index in [0.29, 0.717) is 21.8 Å². The second-order valence-corrected chi connectivity index (χ2v) is 6.74. The molecule has 1 fully saturated rings. The van der Waals surface area contributed by atoms with E-state index in [2.05, 4.69) is 10.6 Å². The summed E-state index contributed by atoms with van der Waals surface area (Å²) >= 11 is 6.06. The largest absolute Gasteiger partial charge is 0.465 e. The lowest BCUT2D eigenvalue weighted by Crippen LogP contribution is -2.24. The van der Waals surface area contributed by atoms with E-state index in [0.717, 1.165) is 12.8 Å². The molecule has 1 saturated carbocycles. The summed E-state index contributed by atoms with van der Waals surface area (Å²) in [7, 11) is 1.28. The molecule has 7 heteroatoms. The number of carbonyl (C=O) groups excluding carboxylic acids is 3. The molecule has 0 bridgehead atoms. The number of hydrogen-bond donors (Lipinski definition) is 2. The Kier molecular flexibility index (Phi) is 5.76. The third-order valence-electron chi connectivity index (χ3n) is 4.21. The van der Waals surface area contributed by atoms with E-state index in [1.165, 1.54) is 13.2 Å². The van der Waals surface area contributed by atoms with Crippen molar-refractivity contribution in [3.05, 3.63) is 64.2 Å². The zero-order valence-corrected chi connectivity index (χ0v) is 15.5. The molecule has 0 unspecified atom stereocenters. The first-order chi connectivity index (χ1) is 13.0. The molecule has 0 atom stereocenters. The van der Waals surface area contributed by atoms with Gasteiger partial charge in [0.25, 0.3) is 5.91 Å². The van der Waals surface area contributed by atoms with Gasteiger partial charge in [-0.1, -0.05) is 23.7 Å². The van der Waals surface area contributed by atoms with Crippen LogP contribution >= 0.6 is 11.6 Å². The Balaban J connectivity index is 1.81. The van der Waals surface area contributed by atoms with Gasteiger partial charge in [0.2, 0.25) is 5.91 Å². The van der Waals surface area contributed by atoms with E-state index >= 15 is 0 Å². The number of amides is 2.